The largest absolute Gasteiger partial charge is 0.381 e. The van der Waals surface area contributed by atoms with Gasteiger partial charge in [0.25, 0.3) is 0 Å². The van der Waals surface area contributed by atoms with E-state index >= 15 is 0 Å². The third kappa shape index (κ3) is 7.95. The minimum atomic E-state index is -0.603. The average molecular weight is 598 g/mol. The quantitative estimate of drug-likeness (QED) is 0.507. The van der Waals surface area contributed by atoms with Crippen LogP contribution in [0, 0.1) is 23.1 Å². The lowest BCUT2D eigenvalue weighted by molar-refractivity contribution is -0.139. The zero-order valence-corrected chi connectivity index (χ0v) is 25.7. The molecule has 3 fully saturated rings. The molecule has 1 aromatic rings. The van der Waals surface area contributed by atoms with Crippen LogP contribution >= 0.6 is 0 Å². The number of anilines is 1. The zero-order chi connectivity index (χ0) is 30.4. The lowest BCUT2D eigenvalue weighted by atomic mass is 9.74. The standard InChI is InChI=1S/C33H48FN5O4/c1-24(2)21-29-31(41)35-28-10-20-43-23-25(28)5-3-4-11-33(32(42)36-29)12-14-37(15-13-33)22-30(40)39-18-16-38(17-19-39)27-8-6-26(34)7-9-27/h3-4,6-9,24-25,28-29H,5,10-23H2,1-2H3,(H,35,41)(H,36,42)/b4-3-/t25-,28+,29-/m1/s1. The van der Waals surface area contributed by atoms with E-state index in [1.165, 1.54) is 12.1 Å². The molecule has 2 N–H and O–H groups in total. The number of carbonyl (C=O) groups excluding carboxylic acids is 3. The Morgan fingerprint density at radius 3 is 2.44 bits per heavy atom. The van der Waals surface area contributed by atoms with Crippen LogP contribution in [0.25, 0.3) is 0 Å². The third-order valence-electron chi connectivity index (χ3n) is 9.72. The summed E-state index contributed by atoms with van der Waals surface area (Å²) >= 11 is 0. The number of allylic oxidation sites excluding steroid dienone is 2. The molecule has 4 aliphatic rings. The van der Waals surface area contributed by atoms with Crippen LogP contribution in [0.5, 0.6) is 0 Å². The maximum absolute atomic E-state index is 13.9. The van der Waals surface area contributed by atoms with Crippen molar-refractivity contribution in [3.63, 3.8) is 0 Å². The molecule has 0 aromatic heterocycles. The van der Waals surface area contributed by atoms with E-state index in [2.05, 4.69) is 46.4 Å². The predicted octanol–water partition coefficient (Wildman–Crippen LogP) is 2.96. The predicted molar refractivity (Wildman–Crippen MR) is 164 cm³/mol. The second-order valence-electron chi connectivity index (χ2n) is 13.2. The van der Waals surface area contributed by atoms with Crippen LogP contribution < -0.4 is 15.5 Å². The van der Waals surface area contributed by atoms with Gasteiger partial charge in [0.2, 0.25) is 17.7 Å². The van der Waals surface area contributed by atoms with E-state index < -0.39 is 11.5 Å². The van der Waals surface area contributed by atoms with Gasteiger partial charge in [-0.3, -0.25) is 19.3 Å². The molecule has 3 atom stereocenters. The molecular formula is C33H48FN5O4. The summed E-state index contributed by atoms with van der Waals surface area (Å²) in [5.41, 5.74) is 0.368. The van der Waals surface area contributed by atoms with Gasteiger partial charge in [0, 0.05) is 50.4 Å². The molecule has 0 aliphatic carbocycles. The molecule has 0 bridgehead atoms. The number of amides is 3. The van der Waals surface area contributed by atoms with E-state index in [1.54, 1.807) is 12.1 Å². The lowest BCUT2D eigenvalue weighted by Gasteiger charge is -2.42. The van der Waals surface area contributed by atoms with Crippen LogP contribution in [0.1, 0.15) is 52.4 Å². The Kier molecular flexibility index (Phi) is 10.4. The second kappa shape index (κ2) is 14.2. The van der Waals surface area contributed by atoms with Gasteiger partial charge in [0.05, 0.1) is 18.6 Å². The Morgan fingerprint density at radius 2 is 1.74 bits per heavy atom. The van der Waals surface area contributed by atoms with Gasteiger partial charge in [-0.2, -0.15) is 0 Å². The summed E-state index contributed by atoms with van der Waals surface area (Å²) in [6, 6.07) is 5.98. The number of rotatable bonds is 5. The second-order valence-corrected chi connectivity index (χ2v) is 13.2. The van der Waals surface area contributed by atoms with Gasteiger partial charge in [0.15, 0.2) is 0 Å². The number of halogens is 1. The molecule has 10 heteroatoms. The van der Waals surface area contributed by atoms with E-state index in [9.17, 15) is 18.8 Å². The molecule has 5 rings (SSSR count). The highest BCUT2D eigenvalue weighted by molar-refractivity contribution is 5.90. The van der Waals surface area contributed by atoms with Crippen molar-refractivity contribution in [2.24, 2.45) is 17.3 Å². The van der Waals surface area contributed by atoms with Gasteiger partial charge in [-0.15, -0.1) is 0 Å². The molecule has 3 amide bonds. The number of carbonyl (C=O) groups is 3. The lowest BCUT2D eigenvalue weighted by Crippen LogP contribution is -2.57. The molecule has 0 radical (unpaired) electrons. The van der Waals surface area contributed by atoms with Crippen molar-refractivity contribution >= 4 is 23.4 Å². The van der Waals surface area contributed by atoms with Gasteiger partial charge in [-0.05, 0) is 81.8 Å². The van der Waals surface area contributed by atoms with Crippen LogP contribution in [0.15, 0.2) is 36.4 Å². The summed E-state index contributed by atoms with van der Waals surface area (Å²) in [6.07, 6.45) is 8.39. The van der Waals surface area contributed by atoms with Crippen molar-refractivity contribution in [2.45, 2.75) is 64.5 Å². The molecule has 3 saturated heterocycles. The molecule has 4 heterocycles. The number of piperazine rings is 1. The first kappa shape index (κ1) is 31.4. The molecular weight excluding hydrogens is 549 g/mol. The van der Waals surface area contributed by atoms with Gasteiger partial charge >= 0.3 is 0 Å². The topological polar surface area (TPSA) is 94.2 Å². The molecule has 9 nitrogen and oxygen atoms in total. The first-order chi connectivity index (χ1) is 20.7. The number of likely N-dealkylation sites (tertiary alicyclic amines) is 1. The van der Waals surface area contributed by atoms with Gasteiger partial charge in [-0.1, -0.05) is 26.0 Å². The van der Waals surface area contributed by atoms with Crippen LogP contribution in [0.4, 0.5) is 10.1 Å². The van der Waals surface area contributed by atoms with E-state index in [0.717, 1.165) is 18.5 Å². The summed E-state index contributed by atoms with van der Waals surface area (Å²) in [7, 11) is 0. The monoisotopic (exact) mass is 597 g/mol. The normalized spacial score (nSPS) is 28.0. The van der Waals surface area contributed by atoms with Crippen LogP contribution in [0.3, 0.4) is 0 Å². The molecule has 0 saturated carbocycles. The van der Waals surface area contributed by atoms with Crippen molar-refractivity contribution < 1.29 is 23.5 Å². The van der Waals surface area contributed by atoms with Crippen molar-refractivity contribution in [3.8, 4) is 0 Å². The maximum atomic E-state index is 13.9. The van der Waals surface area contributed by atoms with Crippen LogP contribution in [0.2, 0.25) is 0 Å². The molecule has 236 valence electrons. The molecule has 43 heavy (non-hydrogen) atoms. The van der Waals surface area contributed by atoms with E-state index in [0.29, 0.717) is 84.7 Å². The highest BCUT2D eigenvalue weighted by atomic mass is 19.1. The number of hydrogen-bond donors (Lipinski definition) is 2. The molecule has 0 unspecified atom stereocenters. The van der Waals surface area contributed by atoms with Crippen molar-refractivity contribution in [1.29, 1.82) is 0 Å². The summed E-state index contributed by atoms with van der Waals surface area (Å²) in [5.74, 6) is 0.196. The Balaban J connectivity index is 1.19. The minimum Gasteiger partial charge on any atom is -0.381 e. The first-order valence-corrected chi connectivity index (χ1v) is 16.1. The maximum Gasteiger partial charge on any atom is 0.242 e. The van der Waals surface area contributed by atoms with Crippen molar-refractivity contribution in [3.05, 3.63) is 42.2 Å². The molecule has 1 spiro atoms. The number of fused-ring (bicyclic) bond motifs is 1. The van der Waals surface area contributed by atoms with Crippen molar-refractivity contribution in [2.75, 3.05) is 63.9 Å². The van der Waals surface area contributed by atoms with E-state index in [-0.39, 0.29) is 41.4 Å². The summed E-state index contributed by atoms with van der Waals surface area (Å²) in [5, 5.41) is 6.41. The number of hydrogen-bond acceptors (Lipinski definition) is 6. The summed E-state index contributed by atoms with van der Waals surface area (Å²) in [4.78, 5) is 46.8. The minimum absolute atomic E-state index is 0.0510. The smallest absolute Gasteiger partial charge is 0.242 e. The van der Waals surface area contributed by atoms with Gasteiger partial charge in [0.1, 0.15) is 11.9 Å². The molecule has 4 aliphatic heterocycles. The highest BCUT2D eigenvalue weighted by Crippen LogP contribution is 2.37. The molecule has 1 aromatic carbocycles. The summed E-state index contributed by atoms with van der Waals surface area (Å²) in [6.45, 7) is 9.76. The summed E-state index contributed by atoms with van der Waals surface area (Å²) < 4.78 is 19.0. The number of nitrogens with one attached hydrogen (secondary N) is 2. The fraction of sp³-hybridized carbons (Fsp3) is 0.667. The Labute approximate surface area is 255 Å². The number of ether oxygens (including phenoxy) is 1. The fourth-order valence-electron chi connectivity index (χ4n) is 6.92. The average Bonchev–Trinajstić information content (AvgIpc) is 3.00. The van der Waals surface area contributed by atoms with Crippen LogP contribution in [-0.4, -0.2) is 98.6 Å². The van der Waals surface area contributed by atoms with E-state index in [4.69, 9.17) is 4.74 Å². The zero-order valence-electron chi connectivity index (χ0n) is 25.7. The van der Waals surface area contributed by atoms with Gasteiger partial charge < -0.3 is 25.2 Å². The fourth-order valence-corrected chi connectivity index (χ4v) is 6.92. The van der Waals surface area contributed by atoms with E-state index in [1.807, 2.05) is 4.90 Å². The third-order valence-corrected chi connectivity index (χ3v) is 9.72. The number of piperidine rings is 1. The number of nitrogens with zero attached hydrogens (tertiary/aromatic N) is 3. The van der Waals surface area contributed by atoms with Crippen molar-refractivity contribution in [1.82, 2.24) is 20.4 Å². The first-order valence-electron chi connectivity index (χ1n) is 16.1. The Morgan fingerprint density at radius 1 is 1.02 bits per heavy atom. The van der Waals surface area contributed by atoms with Crippen LogP contribution in [-0.2, 0) is 19.1 Å². The van der Waals surface area contributed by atoms with Gasteiger partial charge in [-0.25, -0.2) is 4.39 Å². The highest BCUT2D eigenvalue weighted by Gasteiger charge is 2.43. The Hall–Kier alpha value is -2.98. The Bertz CT molecular complexity index is 1140. The number of benzene rings is 1. The SMILES string of the molecule is CC(C)C[C@H]1NC(=O)C2(C/C=C\C[C@@H]3COCC[C@@H]3NC1=O)CCN(CC(=O)N1CCN(c3ccc(F)cc3)CC1)CC2.